The Morgan fingerprint density at radius 3 is 2.39 bits per heavy atom. The molecule has 4 heteroatoms. The van der Waals surface area contributed by atoms with Crippen LogP contribution < -0.4 is 4.74 Å². The molecule has 0 spiro atoms. The van der Waals surface area contributed by atoms with Gasteiger partial charge in [0.05, 0.1) is 5.56 Å². The maximum absolute atomic E-state index is 14.3. The Balaban J connectivity index is 1.74. The molecule has 0 aromatic heterocycles. The fourth-order valence-electron chi connectivity index (χ4n) is 3.06. The summed E-state index contributed by atoms with van der Waals surface area (Å²) in [6.07, 6.45) is 5.76. The molecular formula is C19H19FO3. The molecular weight excluding hydrogens is 295 g/mol. The van der Waals surface area contributed by atoms with Crippen molar-refractivity contribution < 1.29 is 19.0 Å². The average Bonchev–Trinajstić information content (AvgIpc) is 2.57. The minimum Gasteiger partial charge on any atom is -0.508 e. The number of carbonyl (C=O) groups is 1. The van der Waals surface area contributed by atoms with Gasteiger partial charge in [-0.15, -0.1) is 0 Å². The van der Waals surface area contributed by atoms with E-state index in [1.165, 1.54) is 55.7 Å². The van der Waals surface area contributed by atoms with Crippen LogP contribution in [0.4, 0.5) is 4.39 Å². The highest BCUT2D eigenvalue weighted by atomic mass is 19.1. The maximum Gasteiger partial charge on any atom is 0.346 e. The van der Waals surface area contributed by atoms with Gasteiger partial charge in [-0.3, -0.25) is 0 Å². The molecule has 120 valence electrons. The quantitative estimate of drug-likeness (QED) is 0.654. The van der Waals surface area contributed by atoms with Crippen LogP contribution in [0.2, 0.25) is 0 Å². The largest absolute Gasteiger partial charge is 0.508 e. The van der Waals surface area contributed by atoms with Crippen LogP contribution in [0.15, 0.2) is 42.5 Å². The highest BCUT2D eigenvalue weighted by Gasteiger charge is 2.19. The first-order chi connectivity index (χ1) is 11.1. The van der Waals surface area contributed by atoms with Gasteiger partial charge in [-0.25, -0.2) is 9.18 Å². The zero-order valence-electron chi connectivity index (χ0n) is 12.8. The number of halogens is 1. The zero-order chi connectivity index (χ0) is 16.2. The van der Waals surface area contributed by atoms with Crippen LogP contribution >= 0.6 is 0 Å². The summed E-state index contributed by atoms with van der Waals surface area (Å²) in [6.45, 7) is 0. The molecule has 23 heavy (non-hydrogen) atoms. The van der Waals surface area contributed by atoms with Gasteiger partial charge in [0.25, 0.3) is 0 Å². The van der Waals surface area contributed by atoms with Crippen molar-refractivity contribution in [2.45, 2.75) is 38.0 Å². The molecule has 2 aromatic rings. The highest BCUT2D eigenvalue weighted by molar-refractivity contribution is 5.91. The molecule has 3 nitrogen and oxygen atoms in total. The maximum atomic E-state index is 14.3. The summed E-state index contributed by atoms with van der Waals surface area (Å²) in [6, 6.07) is 10.5. The predicted molar refractivity (Wildman–Crippen MR) is 85.3 cm³/mol. The first-order valence-corrected chi connectivity index (χ1v) is 7.94. The van der Waals surface area contributed by atoms with Crippen molar-refractivity contribution in [1.29, 1.82) is 0 Å². The van der Waals surface area contributed by atoms with Crippen LogP contribution in [-0.2, 0) is 0 Å². The van der Waals surface area contributed by atoms with E-state index in [0.717, 1.165) is 18.4 Å². The third kappa shape index (κ3) is 3.70. The molecule has 0 amide bonds. The topological polar surface area (TPSA) is 46.5 Å². The summed E-state index contributed by atoms with van der Waals surface area (Å²) in [5.41, 5.74) is 0.890. The Bertz CT molecular complexity index is 688. The Morgan fingerprint density at radius 1 is 1.04 bits per heavy atom. The fraction of sp³-hybridized carbons (Fsp3) is 0.316. The van der Waals surface area contributed by atoms with Crippen LogP contribution in [0.1, 0.15) is 53.9 Å². The smallest absolute Gasteiger partial charge is 0.346 e. The van der Waals surface area contributed by atoms with Crippen LogP contribution in [0.5, 0.6) is 11.5 Å². The second-order valence-corrected chi connectivity index (χ2v) is 5.96. The van der Waals surface area contributed by atoms with Crippen LogP contribution in [-0.4, -0.2) is 11.1 Å². The monoisotopic (exact) mass is 314 g/mol. The van der Waals surface area contributed by atoms with E-state index in [1.54, 1.807) is 0 Å². The van der Waals surface area contributed by atoms with Gasteiger partial charge in [-0.1, -0.05) is 25.3 Å². The van der Waals surface area contributed by atoms with Crippen molar-refractivity contribution in [3.05, 3.63) is 59.4 Å². The Labute approximate surface area is 134 Å². The van der Waals surface area contributed by atoms with Crippen LogP contribution in [0.3, 0.4) is 0 Å². The van der Waals surface area contributed by atoms with E-state index >= 15 is 0 Å². The van der Waals surface area contributed by atoms with E-state index in [9.17, 15) is 14.3 Å². The molecule has 3 rings (SSSR count). The van der Waals surface area contributed by atoms with E-state index in [-0.39, 0.29) is 17.1 Å². The number of rotatable bonds is 3. The van der Waals surface area contributed by atoms with Gasteiger partial charge >= 0.3 is 5.97 Å². The molecule has 1 aliphatic carbocycles. The number of carbonyl (C=O) groups excluding carboxylic acids is 1. The van der Waals surface area contributed by atoms with Gasteiger partial charge < -0.3 is 9.84 Å². The summed E-state index contributed by atoms with van der Waals surface area (Å²) >= 11 is 0. The van der Waals surface area contributed by atoms with Crippen molar-refractivity contribution in [3.63, 3.8) is 0 Å². The number of benzene rings is 2. The molecule has 0 atom stereocenters. The molecule has 1 fully saturated rings. The lowest BCUT2D eigenvalue weighted by Crippen LogP contribution is -2.12. The number of aromatic hydroxyl groups is 1. The lowest BCUT2D eigenvalue weighted by molar-refractivity contribution is 0.0729. The predicted octanol–water partition coefficient (Wildman–Crippen LogP) is 4.80. The van der Waals surface area contributed by atoms with Crippen molar-refractivity contribution in [2.24, 2.45) is 0 Å². The first-order valence-electron chi connectivity index (χ1n) is 7.94. The number of hydrogen-bond donors (Lipinski definition) is 1. The first kappa shape index (κ1) is 15.5. The second kappa shape index (κ2) is 6.82. The number of phenols is 1. The lowest BCUT2D eigenvalue weighted by Gasteiger charge is -2.22. The second-order valence-electron chi connectivity index (χ2n) is 5.96. The molecule has 1 aliphatic rings. The van der Waals surface area contributed by atoms with Crippen LogP contribution in [0, 0.1) is 5.82 Å². The summed E-state index contributed by atoms with van der Waals surface area (Å²) in [4.78, 5) is 12.1. The molecule has 0 bridgehead atoms. The Morgan fingerprint density at radius 2 is 1.74 bits per heavy atom. The molecule has 0 aliphatic heterocycles. The lowest BCUT2D eigenvalue weighted by atomic mass is 9.84. The SMILES string of the molecule is O=C(Oc1ccc(O)cc1)c1ccc(C2CCCCC2)cc1F. The summed E-state index contributed by atoms with van der Waals surface area (Å²) in [5.74, 6) is -0.544. The van der Waals surface area contributed by atoms with Gasteiger partial charge in [-0.2, -0.15) is 0 Å². The van der Waals surface area contributed by atoms with Crippen molar-refractivity contribution in [1.82, 2.24) is 0 Å². The third-order valence-corrected chi connectivity index (χ3v) is 4.34. The minimum absolute atomic E-state index is 0.0716. The summed E-state index contributed by atoms with van der Waals surface area (Å²) in [5, 5.41) is 9.21. The van der Waals surface area contributed by atoms with Gasteiger partial charge in [0, 0.05) is 0 Å². The minimum atomic E-state index is -0.733. The van der Waals surface area contributed by atoms with Gasteiger partial charge in [0.15, 0.2) is 0 Å². The van der Waals surface area contributed by atoms with E-state index in [0.29, 0.717) is 5.92 Å². The van der Waals surface area contributed by atoms with E-state index in [4.69, 9.17) is 4.74 Å². The van der Waals surface area contributed by atoms with Crippen molar-refractivity contribution in [2.75, 3.05) is 0 Å². The van der Waals surface area contributed by atoms with Gasteiger partial charge in [0.2, 0.25) is 0 Å². The van der Waals surface area contributed by atoms with Crippen LogP contribution in [0.25, 0.3) is 0 Å². The molecule has 0 unspecified atom stereocenters. The molecule has 0 heterocycles. The third-order valence-electron chi connectivity index (χ3n) is 4.34. The molecule has 1 saturated carbocycles. The zero-order valence-corrected chi connectivity index (χ0v) is 12.8. The molecule has 2 aromatic carbocycles. The number of hydrogen-bond acceptors (Lipinski definition) is 3. The fourth-order valence-corrected chi connectivity index (χ4v) is 3.06. The molecule has 0 radical (unpaired) electrons. The normalized spacial score (nSPS) is 15.3. The molecule has 1 N–H and O–H groups in total. The number of phenolic OH excluding ortho intramolecular Hbond substituents is 1. The van der Waals surface area contributed by atoms with Gasteiger partial charge in [-0.05, 0) is 60.7 Å². The van der Waals surface area contributed by atoms with Crippen molar-refractivity contribution >= 4 is 5.97 Å². The summed E-state index contributed by atoms with van der Waals surface area (Å²) < 4.78 is 19.4. The number of ether oxygens (including phenoxy) is 1. The van der Waals surface area contributed by atoms with Gasteiger partial charge in [0.1, 0.15) is 17.3 Å². The van der Waals surface area contributed by atoms with E-state index in [2.05, 4.69) is 0 Å². The Kier molecular flexibility index (Phi) is 4.60. The number of esters is 1. The van der Waals surface area contributed by atoms with E-state index in [1.807, 2.05) is 6.07 Å². The Hall–Kier alpha value is -2.36. The molecule has 0 saturated heterocycles. The standard InChI is InChI=1S/C19H19FO3/c20-18-12-14(13-4-2-1-3-5-13)6-11-17(18)19(22)23-16-9-7-15(21)8-10-16/h6-13,21H,1-5H2. The average molecular weight is 314 g/mol. The summed E-state index contributed by atoms with van der Waals surface area (Å²) in [7, 11) is 0. The highest BCUT2D eigenvalue weighted by Crippen LogP contribution is 2.33. The van der Waals surface area contributed by atoms with Crippen molar-refractivity contribution in [3.8, 4) is 11.5 Å². The van der Waals surface area contributed by atoms with E-state index < -0.39 is 11.8 Å².